The van der Waals surface area contributed by atoms with E-state index in [1.54, 1.807) is 0 Å². The molecule has 22 heavy (non-hydrogen) atoms. The highest BCUT2D eigenvalue weighted by Crippen LogP contribution is 2.16. The molecule has 2 aliphatic rings. The lowest BCUT2D eigenvalue weighted by Crippen LogP contribution is -2.47. The summed E-state index contributed by atoms with van der Waals surface area (Å²) in [6.45, 7) is 12.7. The normalized spacial score (nSPS) is 28.0. The van der Waals surface area contributed by atoms with Gasteiger partial charge in [0.1, 0.15) is 0 Å². The Labute approximate surface area is 136 Å². The number of nitrogens with zero attached hydrogens (tertiary/aromatic N) is 3. The van der Waals surface area contributed by atoms with Crippen LogP contribution in [0.5, 0.6) is 0 Å². The van der Waals surface area contributed by atoms with Crippen molar-refractivity contribution in [3.8, 4) is 0 Å². The van der Waals surface area contributed by atoms with Crippen LogP contribution < -0.4 is 10.6 Å². The average Bonchev–Trinajstić information content (AvgIpc) is 3.02. The van der Waals surface area contributed by atoms with E-state index in [1.807, 2.05) is 7.05 Å². The highest BCUT2D eigenvalue weighted by Gasteiger charge is 2.23. The van der Waals surface area contributed by atoms with E-state index in [4.69, 9.17) is 0 Å². The van der Waals surface area contributed by atoms with Gasteiger partial charge >= 0.3 is 0 Å². The number of likely N-dealkylation sites (N-methyl/N-ethyl adjacent to an activating group) is 1. The molecule has 0 aliphatic carbocycles. The van der Waals surface area contributed by atoms with Crippen molar-refractivity contribution in [2.45, 2.75) is 45.6 Å². The maximum atomic E-state index is 4.39. The quantitative estimate of drug-likeness (QED) is 0.574. The van der Waals surface area contributed by atoms with Gasteiger partial charge in [-0.2, -0.15) is 0 Å². The van der Waals surface area contributed by atoms with Gasteiger partial charge in [-0.1, -0.05) is 13.8 Å². The summed E-state index contributed by atoms with van der Waals surface area (Å²) in [7, 11) is 1.88. The number of nitrogens with one attached hydrogen (secondary N) is 2. The highest BCUT2D eigenvalue weighted by atomic mass is 15.2. The van der Waals surface area contributed by atoms with Gasteiger partial charge in [0, 0.05) is 32.7 Å². The largest absolute Gasteiger partial charge is 0.356 e. The second-order valence-corrected chi connectivity index (χ2v) is 6.66. The highest BCUT2D eigenvalue weighted by molar-refractivity contribution is 5.79. The number of aliphatic imine (C=N–C) groups is 1. The van der Waals surface area contributed by atoms with E-state index in [0.717, 1.165) is 31.5 Å². The molecular formula is C17H35N5. The fourth-order valence-corrected chi connectivity index (χ4v) is 3.82. The molecule has 2 fully saturated rings. The molecule has 0 bridgehead atoms. The Balaban J connectivity index is 1.69. The molecule has 0 radical (unpaired) electrons. The summed E-state index contributed by atoms with van der Waals surface area (Å²) >= 11 is 0. The lowest BCUT2D eigenvalue weighted by atomic mass is 9.98. The number of hydrogen-bond acceptors (Lipinski definition) is 3. The van der Waals surface area contributed by atoms with Crippen LogP contribution in [0.1, 0.15) is 39.5 Å². The molecule has 2 atom stereocenters. The average molecular weight is 310 g/mol. The van der Waals surface area contributed by atoms with Gasteiger partial charge in [-0.05, 0) is 57.8 Å². The van der Waals surface area contributed by atoms with Crippen LogP contribution in [0.25, 0.3) is 0 Å². The van der Waals surface area contributed by atoms with Gasteiger partial charge in [0.25, 0.3) is 0 Å². The first kappa shape index (κ1) is 17.5. The summed E-state index contributed by atoms with van der Waals surface area (Å²) in [5.41, 5.74) is 0. The molecule has 0 spiro atoms. The van der Waals surface area contributed by atoms with Gasteiger partial charge in [0.05, 0.1) is 0 Å². The first-order chi connectivity index (χ1) is 10.8. The van der Waals surface area contributed by atoms with E-state index in [-0.39, 0.29) is 0 Å². The third kappa shape index (κ3) is 5.13. The minimum absolute atomic E-state index is 0.675. The van der Waals surface area contributed by atoms with Crippen LogP contribution in [0.4, 0.5) is 0 Å². The van der Waals surface area contributed by atoms with Crippen molar-refractivity contribution in [1.29, 1.82) is 0 Å². The van der Waals surface area contributed by atoms with E-state index in [0.29, 0.717) is 6.04 Å². The Hall–Kier alpha value is -0.810. The third-order valence-electron chi connectivity index (χ3n) is 5.24. The number of guanidine groups is 1. The van der Waals surface area contributed by atoms with E-state index < -0.39 is 0 Å². The lowest BCUT2D eigenvalue weighted by Gasteiger charge is -2.32. The number of piperidine rings is 1. The van der Waals surface area contributed by atoms with Crippen molar-refractivity contribution in [2.24, 2.45) is 10.9 Å². The topological polar surface area (TPSA) is 42.9 Å². The van der Waals surface area contributed by atoms with Crippen molar-refractivity contribution >= 4 is 5.96 Å². The summed E-state index contributed by atoms with van der Waals surface area (Å²) in [5.74, 6) is 1.72. The smallest absolute Gasteiger partial charge is 0.191 e. The van der Waals surface area contributed by atoms with Crippen molar-refractivity contribution in [2.75, 3.05) is 52.9 Å². The molecule has 0 amide bonds. The molecule has 5 heteroatoms. The molecule has 2 heterocycles. The second-order valence-electron chi connectivity index (χ2n) is 6.66. The monoisotopic (exact) mass is 309 g/mol. The molecule has 5 nitrogen and oxygen atoms in total. The van der Waals surface area contributed by atoms with Crippen LogP contribution in [0.3, 0.4) is 0 Å². The van der Waals surface area contributed by atoms with Crippen LogP contribution in [0.2, 0.25) is 0 Å². The first-order valence-corrected chi connectivity index (χ1v) is 9.17. The summed E-state index contributed by atoms with van der Waals surface area (Å²) in [5, 5.41) is 7.06. The molecule has 0 aromatic carbocycles. The minimum Gasteiger partial charge on any atom is -0.356 e. The van der Waals surface area contributed by atoms with Crippen molar-refractivity contribution in [3.05, 3.63) is 0 Å². The van der Waals surface area contributed by atoms with Crippen molar-refractivity contribution in [3.63, 3.8) is 0 Å². The molecule has 2 aliphatic heterocycles. The van der Waals surface area contributed by atoms with Crippen molar-refractivity contribution < 1.29 is 0 Å². The molecule has 2 N–H and O–H groups in total. The number of likely N-dealkylation sites (tertiary alicyclic amines) is 2. The second kappa shape index (κ2) is 9.36. The minimum atomic E-state index is 0.675. The van der Waals surface area contributed by atoms with Crippen LogP contribution >= 0.6 is 0 Å². The van der Waals surface area contributed by atoms with E-state index in [2.05, 4.69) is 39.3 Å². The lowest BCUT2D eigenvalue weighted by molar-refractivity contribution is 0.183. The van der Waals surface area contributed by atoms with Crippen molar-refractivity contribution in [1.82, 2.24) is 20.4 Å². The molecule has 2 unspecified atom stereocenters. The standard InChI is InChI=1S/C17H35N5/c1-4-21-10-6-8-15(14-21)12-19-17(18-3)20-13-16-9-7-11-22(16)5-2/h15-16H,4-14H2,1-3H3,(H2,18,19,20). The zero-order valence-corrected chi connectivity index (χ0v) is 14.8. The first-order valence-electron chi connectivity index (χ1n) is 9.17. The molecule has 2 rings (SSSR count). The molecule has 128 valence electrons. The third-order valence-corrected chi connectivity index (χ3v) is 5.24. The van der Waals surface area contributed by atoms with Crippen LogP contribution in [-0.2, 0) is 0 Å². The van der Waals surface area contributed by atoms with Gasteiger partial charge in [0.2, 0.25) is 0 Å². The molecule has 0 saturated carbocycles. The SMILES string of the molecule is CCN1CCCC(CNC(=NC)NCC2CCCN2CC)C1. The maximum Gasteiger partial charge on any atom is 0.191 e. The van der Waals surface area contributed by atoms with E-state index >= 15 is 0 Å². The Morgan fingerprint density at radius 3 is 2.55 bits per heavy atom. The zero-order valence-electron chi connectivity index (χ0n) is 14.8. The molecular weight excluding hydrogens is 274 g/mol. The van der Waals surface area contributed by atoms with Gasteiger partial charge in [-0.3, -0.25) is 9.89 Å². The van der Waals surface area contributed by atoms with Gasteiger partial charge < -0.3 is 15.5 Å². The predicted octanol–water partition coefficient (Wildman–Crippen LogP) is 1.37. The molecule has 0 aromatic heterocycles. The zero-order chi connectivity index (χ0) is 15.8. The van der Waals surface area contributed by atoms with E-state index in [1.165, 1.54) is 51.9 Å². The summed E-state index contributed by atoms with van der Waals surface area (Å²) < 4.78 is 0. The Bertz CT molecular complexity index is 344. The number of rotatable bonds is 6. The molecule has 0 aromatic rings. The Kier molecular flexibility index (Phi) is 7.46. The van der Waals surface area contributed by atoms with Crippen LogP contribution in [0, 0.1) is 5.92 Å². The van der Waals surface area contributed by atoms with Gasteiger partial charge in [0.15, 0.2) is 5.96 Å². The molecule has 2 saturated heterocycles. The number of hydrogen-bond donors (Lipinski definition) is 2. The summed E-state index contributed by atoms with van der Waals surface area (Å²) in [4.78, 5) is 9.51. The fourth-order valence-electron chi connectivity index (χ4n) is 3.82. The van der Waals surface area contributed by atoms with E-state index in [9.17, 15) is 0 Å². The van der Waals surface area contributed by atoms with Gasteiger partial charge in [-0.15, -0.1) is 0 Å². The maximum absolute atomic E-state index is 4.39. The Morgan fingerprint density at radius 2 is 1.82 bits per heavy atom. The predicted molar refractivity (Wildman–Crippen MR) is 94.5 cm³/mol. The van der Waals surface area contributed by atoms with Crippen LogP contribution in [-0.4, -0.2) is 74.7 Å². The fraction of sp³-hybridized carbons (Fsp3) is 0.941. The summed E-state index contributed by atoms with van der Waals surface area (Å²) in [6, 6.07) is 0.675. The van der Waals surface area contributed by atoms with Gasteiger partial charge in [-0.25, -0.2) is 0 Å². The van der Waals surface area contributed by atoms with Crippen LogP contribution in [0.15, 0.2) is 4.99 Å². The Morgan fingerprint density at radius 1 is 1.05 bits per heavy atom. The summed E-state index contributed by atoms with van der Waals surface area (Å²) in [6.07, 6.45) is 5.32.